The first kappa shape index (κ1) is 19.1. The van der Waals surface area contributed by atoms with E-state index in [0.717, 1.165) is 10.0 Å². The van der Waals surface area contributed by atoms with Crippen molar-refractivity contribution in [3.63, 3.8) is 0 Å². The Morgan fingerprint density at radius 1 is 1.08 bits per heavy atom. The number of nitrogens with zero attached hydrogens (tertiary/aromatic N) is 1. The summed E-state index contributed by atoms with van der Waals surface area (Å²) in [5.74, 6) is -0.152. The van der Waals surface area contributed by atoms with Crippen molar-refractivity contribution in [3.8, 4) is 0 Å². The van der Waals surface area contributed by atoms with Gasteiger partial charge in [-0.3, -0.25) is 4.79 Å². The first-order chi connectivity index (χ1) is 12.5. The minimum absolute atomic E-state index is 0.00615. The van der Waals surface area contributed by atoms with E-state index in [9.17, 15) is 13.2 Å². The van der Waals surface area contributed by atoms with Crippen molar-refractivity contribution >= 4 is 31.9 Å². The minimum atomic E-state index is -3.52. The Hall–Kier alpha value is -1.70. The first-order valence-electron chi connectivity index (χ1n) is 8.54. The van der Waals surface area contributed by atoms with E-state index in [-0.39, 0.29) is 16.7 Å². The second-order valence-electron chi connectivity index (χ2n) is 6.34. The summed E-state index contributed by atoms with van der Waals surface area (Å²) in [6.07, 6.45) is 1.07. The highest BCUT2D eigenvalue weighted by Gasteiger charge is 2.32. The molecule has 1 saturated heterocycles. The van der Waals surface area contributed by atoms with E-state index < -0.39 is 10.0 Å². The van der Waals surface area contributed by atoms with Crippen LogP contribution in [0.2, 0.25) is 0 Å². The average molecular weight is 437 g/mol. The molecule has 0 aliphatic carbocycles. The second-order valence-corrected chi connectivity index (χ2v) is 9.19. The number of sulfonamides is 1. The van der Waals surface area contributed by atoms with E-state index in [2.05, 4.69) is 21.2 Å². The van der Waals surface area contributed by atoms with Crippen LogP contribution in [0.4, 0.5) is 0 Å². The summed E-state index contributed by atoms with van der Waals surface area (Å²) in [6, 6.07) is 16.4. The van der Waals surface area contributed by atoms with Crippen LogP contribution in [-0.4, -0.2) is 31.7 Å². The number of hydrogen-bond donors (Lipinski definition) is 1. The van der Waals surface area contributed by atoms with Crippen molar-refractivity contribution in [3.05, 3.63) is 64.6 Å². The standard InChI is InChI=1S/C19H21BrN2O3S/c20-17-7-4-8-18(13-17)26(24,25)22-11-9-16(10-12-22)19(23)21-14-15-5-2-1-3-6-15/h1-8,13,16H,9-12,14H2,(H,21,23). The molecule has 1 aliphatic heterocycles. The molecule has 1 amide bonds. The fourth-order valence-electron chi connectivity index (χ4n) is 3.06. The van der Waals surface area contributed by atoms with Gasteiger partial charge < -0.3 is 5.32 Å². The molecule has 0 radical (unpaired) electrons. The van der Waals surface area contributed by atoms with Crippen LogP contribution in [0.1, 0.15) is 18.4 Å². The van der Waals surface area contributed by atoms with Gasteiger partial charge in [-0.15, -0.1) is 0 Å². The highest BCUT2D eigenvalue weighted by Crippen LogP contribution is 2.25. The van der Waals surface area contributed by atoms with Gasteiger partial charge in [-0.1, -0.05) is 52.3 Å². The molecule has 1 heterocycles. The number of amides is 1. The van der Waals surface area contributed by atoms with Gasteiger partial charge in [0, 0.05) is 30.0 Å². The van der Waals surface area contributed by atoms with Crippen molar-refractivity contribution < 1.29 is 13.2 Å². The van der Waals surface area contributed by atoms with Crippen LogP contribution in [0.5, 0.6) is 0 Å². The van der Waals surface area contributed by atoms with Crippen molar-refractivity contribution in [1.82, 2.24) is 9.62 Å². The molecule has 1 fully saturated rings. The number of benzene rings is 2. The first-order valence-corrected chi connectivity index (χ1v) is 10.8. The van der Waals surface area contributed by atoms with Crippen LogP contribution in [0.15, 0.2) is 64.0 Å². The zero-order valence-corrected chi connectivity index (χ0v) is 16.7. The van der Waals surface area contributed by atoms with Crippen molar-refractivity contribution in [2.24, 2.45) is 5.92 Å². The van der Waals surface area contributed by atoms with Gasteiger partial charge in [0.25, 0.3) is 0 Å². The molecule has 5 nitrogen and oxygen atoms in total. The lowest BCUT2D eigenvalue weighted by Crippen LogP contribution is -2.42. The number of hydrogen-bond acceptors (Lipinski definition) is 3. The van der Waals surface area contributed by atoms with Crippen molar-refractivity contribution in [1.29, 1.82) is 0 Å². The van der Waals surface area contributed by atoms with Gasteiger partial charge in [-0.2, -0.15) is 4.31 Å². The molecule has 2 aromatic rings. The molecule has 26 heavy (non-hydrogen) atoms. The van der Waals surface area contributed by atoms with Crippen LogP contribution in [-0.2, 0) is 21.4 Å². The topological polar surface area (TPSA) is 66.5 Å². The van der Waals surface area contributed by atoms with E-state index in [1.165, 1.54) is 4.31 Å². The minimum Gasteiger partial charge on any atom is -0.352 e. The maximum atomic E-state index is 12.7. The summed E-state index contributed by atoms with van der Waals surface area (Å²) in [5, 5.41) is 2.95. The molecular weight excluding hydrogens is 416 g/mol. The summed E-state index contributed by atoms with van der Waals surface area (Å²) in [5.41, 5.74) is 1.05. The molecule has 2 aromatic carbocycles. The molecule has 0 saturated carbocycles. The van der Waals surface area contributed by atoms with Crippen LogP contribution < -0.4 is 5.32 Å². The monoisotopic (exact) mass is 436 g/mol. The fraction of sp³-hybridized carbons (Fsp3) is 0.316. The summed E-state index contributed by atoms with van der Waals surface area (Å²) < 4.78 is 27.7. The van der Waals surface area contributed by atoms with Crippen molar-refractivity contribution in [2.75, 3.05) is 13.1 Å². The predicted octanol–water partition coefficient (Wildman–Crippen LogP) is 3.17. The van der Waals surface area contributed by atoms with Crippen LogP contribution in [0.25, 0.3) is 0 Å². The smallest absolute Gasteiger partial charge is 0.243 e. The number of nitrogens with one attached hydrogen (secondary N) is 1. The SMILES string of the molecule is O=C(NCc1ccccc1)C1CCN(S(=O)(=O)c2cccc(Br)c2)CC1. The maximum Gasteiger partial charge on any atom is 0.243 e. The summed E-state index contributed by atoms with van der Waals surface area (Å²) >= 11 is 3.31. The van der Waals surface area contributed by atoms with Gasteiger partial charge >= 0.3 is 0 Å². The maximum absolute atomic E-state index is 12.7. The lowest BCUT2D eigenvalue weighted by molar-refractivity contribution is -0.126. The molecule has 0 bridgehead atoms. The molecule has 0 atom stereocenters. The molecule has 0 aromatic heterocycles. The molecule has 3 rings (SSSR count). The predicted molar refractivity (Wildman–Crippen MR) is 104 cm³/mol. The third kappa shape index (κ3) is 4.52. The highest BCUT2D eigenvalue weighted by molar-refractivity contribution is 9.10. The van der Waals surface area contributed by atoms with E-state index in [0.29, 0.717) is 32.5 Å². The third-order valence-corrected chi connectivity index (χ3v) is 6.96. The molecule has 1 aliphatic rings. The number of rotatable bonds is 5. The lowest BCUT2D eigenvalue weighted by Gasteiger charge is -2.30. The molecule has 7 heteroatoms. The molecule has 138 valence electrons. The number of carbonyl (C=O) groups is 1. The molecule has 0 unspecified atom stereocenters. The zero-order chi connectivity index (χ0) is 18.6. The summed E-state index contributed by atoms with van der Waals surface area (Å²) in [7, 11) is -3.52. The quantitative estimate of drug-likeness (QED) is 0.782. The molecular formula is C19H21BrN2O3S. The Morgan fingerprint density at radius 3 is 2.42 bits per heavy atom. The van der Waals surface area contributed by atoms with Crippen LogP contribution >= 0.6 is 15.9 Å². The van der Waals surface area contributed by atoms with E-state index in [1.54, 1.807) is 24.3 Å². The van der Waals surface area contributed by atoms with E-state index in [1.807, 2.05) is 30.3 Å². The fourth-order valence-corrected chi connectivity index (χ4v) is 5.13. The highest BCUT2D eigenvalue weighted by atomic mass is 79.9. The summed E-state index contributed by atoms with van der Waals surface area (Å²) in [4.78, 5) is 12.6. The number of halogens is 1. The van der Waals surface area contributed by atoms with Crippen molar-refractivity contribution in [2.45, 2.75) is 24.3 Å². The summed E-state index contributed by atoms with van der Waals surface area (Å²) in [6.45, 7) is 1.22. The van der Waals surface area contributed by atoms with E-state index in [4.69, 9.17) is 0 Å². The zero-order valence-electron chi connectivity index (χ0n) is 14.3. The Labute approximate surface area is 162 Å². The largest absolute Gasteiger partial charge is 0.352 e. The molecule has 1 N–H and O–H groups in total. The Bertz CT molecular complexity index is 863. The van der Waals surface area contributed by atoms with Gasteiger partial charge in [0.15, 0.2) is 0 Å². The number of carbonyl (C=O) groups excluding carboxylic acids is 1. The van der Waals surface area contributed by atoms with Gasteiger partial charge in [0.2, 0.25) is 15.9 Å². The van der Waals surface area contributed by atoms with Gasteiger partial charge in [-0.25, -0.2) is 8.42 Å². The normalized spacial score (nSPS) is 16.3. The Morgan fingerprint density at radius 2 is 1.77 bits per heavy atom. The van der Waals surface area contributed by atoms with Crippen LogP contribution in [0.3, 0.4) is 0 Å². The lowest BCUT2D eigenvalue weighted by atomic mass is 9.97. The Balaban J connectivity index is 1.56. The number of piperidine rings is 1. The molecule has 0 spiro atoms. The second kappa shape index (κ2) is 8.33. The van der Waals surface area contributed by atoms with Gasteiger partial charge in [-0.05, 0) is 36.6 Å². The van der Waals surface area contributed by atoms with E-state index >= 15 is 0 Å². The van der Waals surface area contributed by atoms with Gasteiger partial charge in [0.05, 0.1) is 4.90 Å². The average Bonchev–Trinajstić information content (AvgIpc) is 2.67. The Kier molecular flexibility index (Phi) is 6.11. The van der Waals surface area contributed by atoms with Crippen LogP contribution in [0, 0.1) is 5.92 Å². The van der Waals surface area contributed by atoms with Gasteiger partial charge in [0.1, 0.15) is 0 Å². The third-order valence-electron chi connectivity index (χ3n) is 4.57.